The van der Waals surface area contributed by atoms with Crippen LogP contribution in [0.3, 0.4) is 0 Å². The number of oxazole rings is 1. The topological polar surface area (TPSA) is 124 Å². The van der Waals surface area contributed by atoms with Crippen LogP contribution in [0, 0.1) is 5.82 Å². The molecule has 2 aromatic heterocycles. The first-order valence-electron chi connectivity index (χ1n) is 13.1. The maximum Gasteiger partial charge on any atom is 0.433 e. The van der Waals surface area contributed by atoms with Crippen molar-refractivity contribution in [3.05, 3.63) is 77.1 Å². The molecule has 3 N–H and O–H groups in total. The number of carbonyl (C=O) groups excluding carboxylic acids is 2. The Balaban J connectivity index is 1.79. The zero-order valence-electron chi connectivity index (χ0n) is 23.3. The fourth-order valence-electron chi connectivity index (χ4n) is 4.48. The van der Waals surface area contributed by atoms with Crippen LogP contribution in [0.2, 0.25) is 0 Å². The highest BCUT2D eigenvalue weighted by Crippen LogP contribution is 2.37. The third kappa shape index (κ3) is 6.05. The number of benzene rings is 2. The molecule has 0 saturated heterocycles. The number of hydrogen-bond acceptors (Lipinski definition) is 7. The standard InChI is InChI=1S/C29H29F4N5O4/c1-5-38(6-2)28(40)22(16-7-9-17(30)10-8-16)36-26(39)24-25(15(3)34)42-27(37-24)19-11-13-20(41-4)23-18(19)12-14-21(35-23)29(31,32)33/h7-15,22H,5-6,34H2,1-4H3,(H,36,39)/t15-,22-/m0/s1. The maximum atomic E-state index is 13.6. The Labute approximate surface area is 238 Å². The molecule has 2 heterocycles. The van der Waals surface area contributed by atoms with E-state index in [0.717, 1.165) is 6.07 Å². The van der Waals surface area contributed by atoms with Crippen LogP contribution in [0.4, 0.5) is 17.6 Å². The van der Waals surface area contributed by atoms with E-state index < -0.39 is 41.6 Å². The lowest BCUT2D eigenvalue weighted by molar-refractivity contribution is -0.141. The molecular weight excluding hydrogens is 558 g/mol. The summed E-state index contributed by atoms with van der Waals surface area (Å²) in [5, 5.41) is 2.90. The van der Waals surface area contributed by atoms with Gasteiger partial charge in [0.25, 0.3) is 5.91 Å². The molecule has 0 radical (unpaired) electrons. The van der Waals surface area contributed by atoms with Crippen molar-refractivity contribution in [2.24, 2.45) is 5.73 Å². The van der Waals surface area contributed by atoms with Crippen LogP contribution in [0.5, 0.6) is 5.75 Å². The van der Waals surface area contributed by atoms with Crippen molar-refractivity contribution in [2.45, 2.75) is 39.0 Å². The minimum absolute atomic E-state index is 0.0144. The first kappa shape index (κ1) is 30.4. The number of pyridine rings is 1. The molecule has 0 aliphatic heterocycles. The van der Waals surface area contributed by atoms with Crippen molar-refractivity contribution in [3.8, 4) is 17.2 Å². The van der Waals surface area contributed by atoms with Gasteiger partial charge in [0, 0.05) is 24.0 Å². The van der Waals surface area contributed by atoms with Crippen LogP contribution < -0.4 is 15.8 Å². The minimum Gasteiger partial charge on any atom is -0.494 e. The van der Waals surface area contributed by atoms with E-state index in [2.05, 4.69) is 15.3 Å². The van der Waals surface area contributed by atoms with Crippen LogP contribution in [0.15, 0.2) is 52.9 Å². The molecule has 0 bridgehead atoms. The van der Waals surface area contributed by atoms with Gasteiger partial charge >= 0.3 is 6.18 Å². The molecule has 42 heavy (non-hydrogen) atoms. The first-order chi connectivity index (χ1) is 19.9. The van der Waals surface area contributed by atoms with E-state index in [1.165, 1.54) is 54.5 Å². The number of ether oxygens (including phenoxy) is 1. The number of aromatic nitrogens is 2. The van der Waals surface area contributed by atoms with Gasteiger partial charge in [0.1, 0.15) is 28.8 Å². The second-order valence-electron chi connectivity index (χ2n) is 9.39. The van der Waals surface area contributed by atoms with Crippen LogP contribution in [-0.4, -0.2) is 46.9 Å². The molecule has 2 aromatic carbocycles. The van der Waals surface area contributed by atoms with Gasteiger partial charge in [-0.15, -0.1) is 0 Å². The number of nitrogens with one attached hydrogen (secondary N) is 1. The molecule has 4 aromatic rings. The highest BCUT2D eigenvalue weighted by Gasteiger charge is 2.34. The fraction of sp³-hybridized carbons (Fsp3) is 0.310. The van der Waals surface area contributed by atoms with Crippen LogP contribution in [0.25, 0.3) is 22.4 Å². The minimum atomic E-state index is -4.69. The molecule has 13 heteroatoms. The molecule has 222 valence electrons. The van der Waals surface area contributed by atoms with E-state index in [9.17, 15) is 27.2 Å². The van der Waals surface area contributed by atoms with Gasteiger partial charge in [-0.25, -0.2) is 14.4 Å². The fourth-order valence-corrected chi connectivity index (χ4v) is 4.48. The highest BCUT2D eigenvalue weighted by molar-refractivity contribution is 5.99. The van der Waals surface area contributed by atoms with Crippen molar-refractivity contribution >= 4 is 22.7 Å². The number of likely N-dealkylation sites (N-methyl/N-ethyl adjacent to an activating group) is 1. The summed E-state index contributed by atoms with van der Waals surface area (Å²) in [6.07, 6.45) is -4.69. The SMILES string of the molecule is CCN(CC)C(=O)[C@@H](NC(=O)c1nc(-c2ccc(OC)c3nc(C(F)(F)F)ccc23)oc1[C@H](C)N)c1ccc(F)cc1. The van der Waals surface area contributed by atoms with E-state index in [0.29, 0.717) is 18.7 Å². The number of nitrogens with two attached hydrogens (primary N) is 1. The Kier molecular flexibility index (Phi) is 8.81. The normalized spacial score (nSPS) is 13.1. The molecule has 2 amide bonds. The molecule has 0 aliphatic rings. The molecule has 4 rings (SSSR count). The van der Waals surface area contributed by atoms with Crippen molar-refractivity contribution in [1.82, 2.24) is 20.2 Å². The van der Waals surface area contributed by atoms with Gasteiger partial charge < -0.3 is 25.1 Å². The summed E-state index contributed by atoms with van der Waals surface area (Å²) in [7, 11) is 1.30. The van der Waals surface area contributed by atoms with Crippen molar-refractivity contribution < 1.29 is 36.3 Å². The summed E-state index contributed by atoms with van der Waals surface area (Å²) in [6, 6.07) is 8.11. The second kappa shape index (κ2) is 12.1. The second-order valence-corrected chi connectivity index (χ2v) is 9.39. The predicted octanol–water partition coefficient (Wildman–Crippen LogP) is 5.42. The molecule has 0 unspecified atom stereocenters. The quantitative estimate of drug-likeness (QED) is 0.251. The Morgan fingerprint density at radius 2 is 1.71 bits per heavy atom. The van der Waals surface area contributed by atoms with Crippen molar-refractivity contribution in [1.29, 1.82) is 0 Å². The van der Waals surface area contributed by atoms with Crippen molar-refractivity contribution in [3.63, 3.8) is 0 Å². The number of hydrogen-bond donors (Lipinski definition) is 2. The smallest absolute Gasteiger partial charge is 0.433 e. The lowest BCUT2D eigenvalue weighted by atomic mass is 10.0. The van der Waals surface area contributed by atoms with E-state index in [4.69, 9.17) is 14.9 Å². The van der Waals surface area contributed by atoms with Gasteiger partial charge in [0.05, 0.1) is 13.2 Å². The summed E-state index contributed by atoms with van der Waals surface area (Å²) < 4.78 is 64.8. The average Bonchev–Trinajstić information content (AvgIpc) is 3.41. The van der Waals surface area contributed by atoms with Crippen LogP contribution in [0.1, 0.15) is 60.4 Å². The maximum absolute atomic E-state index is 13.6. The molecule has 0 spiro atoms. The number of carbonyl (C=O) groups is 2. The Hall–Kier alpha value is -4.52. The van der Waals surface area contributed by atoms with Gasteiger partial charge in [0.15, 0.2) is 11.5 Å². The van der Waals surface area contributed by atoms with Crippen LogP contribution >= 0.6 is 0 Å². The summed E-state index contributed by atoms with van der Waals surface area (Å²) in [6.45, 7) is 5.87. The Bertz CT molecular complexity index is 1600. The molecule has 9 nitrogen and oxygen atoms in total. The third-order valence-electron chi connectivity index (χ3n) is 6.64. The van der Waals surface area contributed by atoms with Gasteiger partial charge in [-0.3, -0.25) is 9.59 Å². The summed E-state index contributed by atoms with van der Waals surface area (Å²) >= 11 is 0. The first-order valence-corrected chi connectivity index (χ1v) is 13.1. The average molecular weight is 588 g/mol. The number of nitrogens with zero attached hydrogens (tertiary/aromatic N) is 3. The van der Waals surface area contributed by atoms with E-state index >= 15 is 0 Å². The number of methoxy groups -OCH3 is 1. The Morgan fingerprint density at radius 1 is 1.05 bits per heavy atom. The summed E-state index contributed by atoms with van der Waals surface area (Å²) in [5.41, 5.74) is 5.26. The largest absolute Gasteiger partial charge is 0.494 e. The van der Waals surface area contributed by atoms with E-state index in [1.54, 1.807) is 20.8 Å². The highest BCUT2D eigenvalue weighted by atomic mass is 19.4. The zero-order chi connectivity index (χ0) is 30.8. The lowest BCUT2D eigenvalue weighted by Gasteiger charge is -2.26. The van der Waals surface area contributed by atoms with Crippen LogP contribution in [-0.2, 0) is 11.0 Å². The number of halogens is 4. The van der Waals surface area contributed by atoms with E-state index in [-0.39, 0.29) is 39.6 Å². The van der Waals surface area contributed by atoms with Gasteiger partial charge in [0.2, 0.25) is 11.8 Å². The monoisotopic (exact) mass is 587 g/mol. The lowest BCUT2D eigenvalue weighted by Crippen LogP contribution is -2.43. The van der Waals surface area contributed by atoms with Crippen molar-refractivity contribution in [2.75, 3.05) is 20.2 Å². The van der Waals surface area contributed by atoms with E-state index in [1.807, 2.05) is 0 Å². The predicted molar refractivity (Wildman–Crippen MR) is 146 cm³/mol. The number of amides is 2. The van der Waals surface area contributed by atoms with Gasteiger partial charge in [-0.2, -0.15) is 13.2 Å². The molecule has 0 fully saturated rings. The summed E-state index contributed by atoms with van der Waals surface area (Å²) in [5.74, 6) is -1.74. The molecular formula is C29H29F4N5O4. The number of alkyl halides is 3. The number of fused-ring (bicyclic) bond motifs is 1. The molecule has 2 atom stereocenters. The van der Waals surface area contributed by atoms with Gasteiger partial charge in [-0.1, -0.05) is 12.1 Å². The van der Waals surface area contributed by atoms with Gasteiger partial charge in [-0.05, 0) is 62.7 Å². The Morgan fingerprint density at radius 3 is 2.29 bits per heavy atom. The number of rotatable bonds is 9. The molecule has 0 saturated carbocycles. The zero-order valence-corrected chi connectivity index (χ0v) is 23.3. The summed E-state index contributed by atoms with van der Waals surface area (Å²) in [4.78, 5) is 36.6. The third-order valence-corrected chi connectivity index (χ3v) is 6.64. The molecule has 0 aliphatic carbocycles.